The summed E-state index contributed by atoms with van der Waals surface area (Å²) in [6.45, 7) is 0.707. The van der Waals surface area contributed by atoms with Crippen LogP contribution in [0.25, 0.3) is 5.82 Å². The standard InChI is InChI=1S/C15H12BrClN4/c16-13-8-11(2-4-14(13)17)9-18-12-3-5-15(19-10-12)21-7-1-6-20-21/h1-8,10,18H,9H2. The Morgan fingerprint density at radius 2 is 2.14 bits per heavy atom. The molecule has 0 saturated carbocycles. The highest BCUT2D eigenvalue weighted by Crippen LogP contribution is 2.23. The van der Waals surface area contributed by atoms with E-state index in [2.05, 4.69) is 31.3 Å². The number of rotatable bonds is 4. The average molecular weight is 364 g/mol. The van der Waals surface area contributed by atoms with E-state index in [0.29, 0.717) is 11.6 Å². The molecule has 0 aliphatic carbocycles. The van der Waals surface area contributed by atoms with Gasteiger partial charge in [0.25, 0.3) is 0 Å². The van der Waals surface area contributed by atoms with Gasteiger partial charge < -0.3 is 5.32 Å². The van der Waals surface area contributed by atoms with Crippen molar-refractivity contribution in [3.05, 3.63) is 70.0 Å². The third-order valence-electron chi connectivity index (χ3n) is 2.97. The van der Waals surface area contributed by atoms with E-state index in [0.717, 1.165) is 21.5 Å². The molecule has 0 fully saturated rings. The zero-order valence-electron chi connectivity index (χ0n) is 11.0. The van der Waals surface area contributed by atoms with E-state index in [9.17, 15) is 0 Å². The van der Waals surface area contributed by atoms with Gasteiger partial charge in [0.2, 0.25) is 0 Å². The molecule has 6 heteroatoms. The van der Waals surface area contributed by atoms with Gasteiger partial charge in [-0.25, -0.2) is 9.67 Å². The van der Waals surface area contributed by atoms with Crippen molar-refractivity contribution in [2.45, 2.75) is 6.54 Å². The summed E-state index contributed by atoms with van der Waals surface area (Å²) >= 11 is 9.40. The van der Waals surface area contributed by atoms with Crippen molar-refractivity contribution in [3.63, 3.8) is 0 Å². The number of pyridine rings is 1. The molecular formula is C15H12BrClN4. The molecule has 2 aromatic heterocycles. The number of aromatic nitrogens is 3. The topological polar surface area (TPSA) is 42.7 Å². The van der Waals surface area contributed by atoms with Gasteiger partial charge in [0.1, 0.15) is 0 Å². The molecule has 0 aliphatic heterocycles. The Kier molecular flexibility index (Phi) is 4.22. The fourth-order valence-corrected chi connectivity index (χ4v) is 2.43. The second kappa shape index (κ2) is 6.28. The van der Waals surface area contributed by atoms with Gasteiger partial charge in [-0.3, -0.25) is 0 Å². The summed E-state index contributed by atoms with van der Waals surface area (Å²) in [4.78, 5) is 4.37. The number of hydrogen-bond acceptors (Lipinski definition) is 3. The van der Waals surface area contributed by atoms with Gasteiger partial charge in [-0.1, -0.05) is 17.7 Å². The minimum atomic E-state index is 0.707. The van der Waals surface area contributed by atoms with Crippen LogP contribution in [0.15, 0.2) is 59.5 Å². The van der Waals surface area contributed by atoms with Crippen molar-refractivity contribution in [1.29, 1.82) is 0 Å². The maximum absolute atomic E-state index is 5.98. The van der Waals surface area contributed by atoms with Crippen LogP contribution in [-0.2, 0) is 6.54 Å². The van der Waals surface area contributed by atoms with Gasteiger partial charge in [0, 0.05) is 23.4 Å². The third kappa shape index (κ3) is 3.43. The number of benzene rings is 1. The Morgan fingerprint density at radius 3 is 2.81 bits per heavy atom. The van der Waals surface area contributed by atoms with E-state index in [4.69, 9.17) is 11.6 Å². The summed E-state index contributed by atoms with van der Waals surface area (Å²) in [7, 11) is 0. The summed E-state index contributed by atoms with van der Waals surface area (Å²) in [5.74, 6) is 0.791. The molecular weight excluding hydrogens is 352 g/mol. The zero-order valence-corrected chi connectivity index (χ0v) is 13.3. The molecule has 0 bridgehead atoms. The molecule has 0 saturated heterocycles. The smallest absolute Gasteiger partial charge is 0.153 e. The molecule has 0 atom stereocenters. The molecule has 0 aliphatic rings. The molecule has 0 radical (unpaired) electrons. The van der Waals surface area contributed by atoms with Crippen molar-refractivity contribution < 1.29 is 0 Å². The first-order valence-corrected chi connectivity index (χ1v) is 7.53. The quantitative estimate of drug-likeness (QED) is 0.751. The minimum Gasteiger partial charge on any atom is -0.380 e. The Bertz CT molecular complexity index is 726. The molecule has 2 heterocycles. The molecule has 3 aromatic rings. The predicted octanol–water partition coefficient (Wildman–Crippen LogP) is 4.30. The second-order valence-electron chi connectivity index (χ2n) is 4.46. The van der Waals surface area contributed by atoms with Gasteiger partial charge in [0.05, 0.1) is 16.9 Å². The fraction of sp³-hybridized carbons (Fsp3) is 0.0667. The molecule has 0 amide bonds. The lowest BCUT2D eigenvalue weighted by atomic mass is 10.2. The lowest BCUT2D eigenvalue weighted by Gasteiger charge is -2.08. The Hall–Kier alpha value is -1.85. The van der Waals surface area contributed by atoms with Crippen LogP contribution >= 0.6 is 27.5 Å². The van der Waals surface area contributed by atoms with E-state index >= 15 is 0 Å². The monoisotopic (exact) mass is 362 g/mol. The van der Waals surface area contributed by atoms with E-state index < -0.39 is 0 Å². The predicted molar refractivity (Wildman–Crippen MR) is 87.8 cm³/mol. The SMILES string of the molecule is Clc1ccc(CNc2ccc(-n3cccn3)nc2)cc1Br. The minimum absolute atomic E-state index is 0.707. The number of halogens is 2. The van der Waals surface area contributed by atoms with E-state index in [1.165, 1.54) is 0 Å². The maximum Gasteiger partial charge on any atom is 0.153 e. The van der Waals surface area contributed by atoms with Crippen molar-refractivity contribution >= 4 is 33.2 Å². The first kappa shape index (κ1) is 14.1. The first-order chi connectivity index (χ1) is 10.2. The fourth-order valence-electron chi connectivity index (χ4n) is 1.88. The lowest BCUT2D eigenvalue weighted by Crippen LogP contribution is -2.02. The molecule has 4 nitrogen and oxygen atoms in total. The molecule has 0 unspecified atom stereocenters. The van der Waals surface area contributed by atoms with E-state index in [-0.39, 0.29) is 0 Å². The van der Waals surface area contributed by atoms with Crippen LogP contribution in [0.2, 0.25) is 5.02 Å². The van der Waals surface area contributed by atoms with Crippen molar-refractivity contribution in [2.75, 3.05) is 5.32 Å². The summed E-state index contributed by atoms with van der Waals surface area (Å²) in [6.07, 6.45) is 5.38. The highest BCUT2D eigenvalue weighted by atomic mass is 79.9. The van der Waals surface area contributed by atoms with Crippen LogP contribution in [-0.4, -0.2) is 14.8 Å². The van der Waals surface area contributed by atoms with Crippen LogP contribution in [0, 0.1) is 0 Å². The molecule has 1 N–H and O–H groups in total. The van der Waals surface area contributed by atoms with Crippen LogP contribution in [0.5, 0.6) is 0 Å². The average Bonchev–Trinajstić information content (AvgIpc) is 3.03. The Morgan fingerprint density at radius 1 is 1.24 bits per heavy atom. The maximum atomic E-state index is 5.98. The van der Waals surface area contributed by atoms with Crippen LogP contribution in [0.3, 0.4) is 0 Å². The third-order valence-corrected chi connectivity index (χ3v) is 4.18. The lowest BCUT2D eigenvalue weighted by molar-refractivity contribution is 0.847. The van der Waals surface area contributed by atoms with E-state index in [1.54, 1.807) is 17.1 Å². The molecule has 1 aromatic carbocycles. The number of nitrogens with one attached hydrogen (secondary N) is 1. The van der Waals surface area contributed by atoms with Gasteiger partial charge in [-0.05, 0) is 51.8 Å². The first-order valence-electron chi connectivity index (χ1n) is 6.36. The molecule has 3 rings (SSSR count). The zero-order chi connectivity index (χ0) is 14.7. The highest BCUT2D eigenvalue weighted by Gasteiger charge is 2.01. The van der Waals surface area contributed by atoms with Crippen LogP contribution in [0.4, 0.5) is 5.69 Å². The summed E-state index contributed by atoms with van der Waals surface area (Å²) in [6, 6.07) is 11.6. The molecule has 21 heavy (non-hydrogen) atoms. The largest absolute Gasteiger partial charge is 0.380 e. The van der Waals surface area contributed by atoms with Gasteiger partial charge in [-0.15, -0.1) is 0 Å². The van der Waals surface area contributed by atoms with Crippen molar-refractivity contribution in [2.24, 2.45) is 0 Å². The number of hydrogen-bond donors (Lipinski definition) is 1. The van der Waals surface area contributed by atoms with E-state index in [1.807, 2.05) is 42.6 Å². The summed E-state index contributed by atoms with van der Waals surface area (Å²) < 4.78 is 2.62. The molecule has 106 valence electrons. The van der Waals surface area contributed by atoms with Crippen LogP contribution in [0.1, 0.15) is 5.56 Å². The highest BCUT2D eigenvalue weighted by molar-refractivity contribution is 9.10. The van der Waals surface area contributed by atoms with Gasteiger partial charge >= 0.3 is 0 Å². The van der Waals surface area contributed by atoms with Crippen molar-refractivity contribution in [3.8, 4) is 5.82 Å². The normalized spacial score (nSPS) is 10.6. The Labute approximate surface area is 135 Å². The molecule has 0 spiro atoms. The van der Waals surface area contributed by atoms with Crippen LogP contribution < -0.4 is 5.32 Å². The van der Waals surface area contributed by atoms with Crippen molar-refractivity contribution in [1.82, 2.24) is 14.8 Å². The number of nitrogens with zero attached hydrogens (tertiary/aromatic N) is 3. The second-order valence-corrected chi connectivity index (χ2v) is 5.72. The van der Waals surface area contributed by atoms with Gasteiger partial charge in [0.15, 0.2) is 5.82 Å². The van der Waals surface area contributed by atoms with Gasteiger partial charge in [-0.2, -0.15) is 5.10 Å². The summed E-state index contributed by atoms with van der Waals surface area (Å²) in [5, 5.41) is 8.18. The Balaban J connectivity index is 1.66. The summed E-state index contributed by atoms with van der Waals surface area (Å²) in [5.41, 5.74) is 2.10. The number of anilines is 1.